The fourth-order valence-corrected chi connectivity index (χ4v) is 6.87. The van der Waals surface area contributed by atoms with Crippen molar-refractivity contribution in [3.63, 3.8) is 0 Å². The summed E-state index contributed by atoms with van der Waals surface area (Å²) in [7, 11) is 0. The summed E-state index contributed by atoms with van der Waals surface area (Å²) in [4.78, 5) is 30.6. The number of rotatable bonds is 7. The van der Waals surface area contributed by atoms with Gasteiger partial charge in [0.25, 0.3) is 5.56 Å². The molecule has 2 fully saturated rings. The van der Waals surface area contributed by atoms with Gasteiger partial charge >= 0.3 is 0 Å². The molecule has 0 bridgehead atoms. The smallest absolute Gasteiger partial charge is 0.252 e. The van der Waals surface area contributed by atoms with Gasteiger partial charge in [0, 0.05) is 48.7 Å². The molecule has 0 atom stereocenters. The second-order valence-corrected chi connectivity index (χ2v) is 11.9. The van der Waals surface area contributed by atoms with Gasteiger partial charge in [-0.3, -0.25) is 14.3 Å². The van der Waals surface area contributed by atoms with Crippen molar-refractivity contribution in [3.8, 4) is 0 Å². The number of benzene rings is 1. The Morgan fingerprint density at radius 3 is 2.60 bits per heavy atom. The van der Waals surface area contributed by atoms with Crippen LogP contribution in [0.25, 0.3) is 16.5 Å². The molecule has 40 heavy (non-hydrogen) atoms. The molecule has 212 valence electrons. The van der Waals surface area contributed by atoms with Crippen LogP contribution in [-0.2, 0) is 17.9 Å². The Morgan fingerprint density at radius 1 is 1.07 bits per heavy atom. The minimum Gasteiger partial charge on any atom is -0.338 e. The summed E-state index contributed by atoms with van der Waals surface area (Å²) >= 11 is 0. The van der Waals surface area contributed by atoms with E-state index >= 15 is 0 Å². The third-order valence-electron chi connectivity index (χ3n) is 9.16. The van der Waals surface area contributed by atoms with Crippen LogP contribution in [0.15, 0.2) is 35.3 Å². The Morgan fingerprint density at radius 2 is 1.88 bits per heavy atom. The maximum atomic E-state index is 13.1. The van der Waals surface area contributed by atoms with E-state index in [0.717, 1.165) is 55.7 Å². The lowest BCUT2D eigenvalue weighted by Crippen LogP contribution is -2.42. The average Bonchev–Trinajstić information content (AvgIpc) is 3.65. The molecule has 8 nitrogen and oxygen atoms in total. The van der Waals surface area contributed by atoms with Crippen molar-refractivity contribution < 1.29 is 4.79 Å². The highest BCUT2D eigenvalue weighted by atomic mass is 16.2. The second kappa shape index (κ2) is 11.7. The van der Waals surface area contributed by atoms with E-state index in [1.165, 1.54) is 53.3 Å². The Balaban J connectivity index is 1.26. The zero-order valence-corrected chi connectivity index (χ0v) is 23.9. The van der Waals surface area contributed by atoms with Crippen LogP contribution in [-0.4, -0.2) is 51.8 Å². The topological polar surface area (TPSA) is 95.1 Å². The summed E-state index contributed by atoms with van der Waals surface area (Å²) in [6.45, 7) is 8.42. The Kier molecular flexibility index (Phi) is 7.89. The Bertz CT molecular complexity index is 1470. The zero-order chi connectivity index (χ0) is 27.6. The van der Waals surface area contributed by atoms with E-state index in [1.807, 2.05) is 31.0 Å². The molecule has 3 aromatic rings. The van der Waals surface area contributed by atoms with Crippen LogP contribution < -0.4 is 16.2 Å². The molecular formula is C32H42N6O2. The molecule has 1 saturated carbocycles. The van der Waals surface area contributed by atoms with Gasteiger partial charge in [-0.25, -0.2) is 0 Å². The summed E-state index contributed by atoms with van der Waals surface area (Å²) in [5.74, 6) is 0.480. The fourth-order valence-electron chi connectivity index (χ4n) is 6.87. The highest BCUT2D eigenvalue weighted by Crippen LogP contribution is 2.35. The minimum atomic E-state index is -0.0195. The van der Waals surface area contributed by atoms with Crippen molar-refractivity contribution in [3.05, 3.63) is 68.8 Å². The van der Waals surface area contributed by atoms with E-state index in [-0.39, 0.29) is 11.5 Å². The maximum absolute atomic E-state index is 13.1. The monoisotopic (exact) mass is 542 g/mol. The summed E-state index contributed by atoms with van der Waals surface area (Å²) < 4.78 is 2.25. The minimum absolute atomic E-state index is 0.0195. The number of aromatic amines is 1. The normalized spacial score (nSPS) is 18.9. The lowest BCUT2D eigenvalue weighted by Gasteiger charge is -2.32. The van der Waals surface area contributed by atoms with Crippen LogP contribution in [0.1, 0.15) is 78.9 Å². The third-order valence-corrected chi connectivity index (χ3v) is 9.16. The van der Waals surface area contributed by atoms with Crippen LogP contribution in [0.5, 0.6) is 0 Å². The van der Waals surface area contributed by atoms with Crippen LogP contribution in [0.4, 0.5) is 0 Å². The summed E-state index contributed by atoms with van der Waals surface area (Å²) in [6, 6.07) is 7.09. The van der Waals surface area contributed by atoms with Crippen molar-refractivity contribution >= 4 is 22.4 Å². The lowest BCUT2D eigenvalue weighted by atomic mass is 9.93. The van der Waals surface area contributed by atoms with E-state index in [1.54, 1.807) is 0 Å². The summed E-state index contributed by atoms with van der Waals surface area (Å²) in [5.41, 5.74) is 7.59. The standard InChI is InChI=1S/C32H42N6O2/c1-21-15-22(2)36-31(39)28(21)19-34-18-26-16-25(17-30-29(26)20-35-38(30)27-5-3-4-6-27)23-9-13-37(14-10-23)32(40)24-7-11-33-12-8-24/h9,15-17,20,24,27,33-34H,3-8,10-14,18-19H2,1-2H3,(H,36,39). The van der Waals surface area contributed by atoms with Gasteiger partial charge in [0.1, 0.15) is 0 Å². The molecule has 1 saturated heterocycles. The number of nitrogens with one attached hydrogen (secondary N) is 3. The number of piperidine rings is 1. The molecule has 3 aliphatic rings. The predicted octanol–water partition coefficient (Wildman–Crippen LogP) is 4.36. The highest BCUT2D eigenvalue weighted by Gasteiger charge is 2.27. The van der Waals surface area contributed by atoms with Crippen LogP contribution in [0.2, 0.25) is 0 Å². The molecule has 1 amide bonds. The Hall–Kier alpha value is -3.23. The largest absolute Gasteiger partial charge is 0.338 e. The van der Waals surface area contributed by atoms with Gasteiger partial charge in [-0.15, -0.1) is 0 Å². The van der Waals surface area contributed by atoms with E-state index in [0.29, 0.717) is 31.6 Å². The van der Waals surface area contributed by atoms with Crippen LogP contribution in [0, 0.1) is 19.8 Å². The molecule has 0 radical (unpaired) electrons. The van der Waals surface area contributed by atoms with Crippen molar-refractivity contribution in [2.24, 2.45) is 5.92 Å². The quantitative estimate of drug-likeness (QED) is 0.412. The van der Waals surface area contributed by atoms with Crippen LogP contribution >= 0.6 is 0 Å². The van der Waals surface area contributed by atoms with Crippen molar-refractivity contribution in [2.75, 3.05) is 26.2 Å². The highest BCUT2D eigenvalue weighted by molar-refractivity contribution is 5.87. The zero-order valence-electron chi connectivity index (χ0n) is 23.9. The van der Waals surface area contributed by atoms with Crippen molar-refractivity contribution in [2.45, 2.75) is 77.9 Å². The number of H-pyrrole nitrogens is 1. The molecule has 3 N–H and O–H groups in total. The first-order valence-corrected chi connectivity index (χ1v) is 15.1. The average molecular weight is 543 g/mol. The maximum Gasteiger partial charge on any atom is 0.252 e. The number of hydrogen-bond acceptors (Lipinski definition) is 5. The Labute approximate surface area is 236 Å². The number of carbonyl (C=O) groups is 1. The van der Waals surface area contributed by atoms with E-state index in [9.17, 15) is 9.59 Å². The van der Waals surface area contributed by atoms with Gasteiger partial charge in [0.05, 0.1) is 17.8 Å². The molecule has 1 aromatic carbocycles. The van der Waals surface area contributed by atoms with Gasteiger partial charge in [0.15, 0.2) is 0 Å². The van der Waals surface area contributed by atoms with Crippen molar-refractivity contribution in [1.29, 1.82) is 0 Å². The molecule has 0 spiro atoms. The number of carbonyl (C=O) groups excluding carboxylic acids is 1. The molecule has 6 rings (SSSR count). The van der Waals surface area contributed by atoms with Gasteiger partial charge in [0.2, 0.25) is 5.91 Å². The number of hydrogen-bond donors (Lipinski definition) is 3. The molecule has 2 aliphatic heterocycles. The molecular weight excluding hydrogens is 500 g/mol. The molecule has 1 aliphatic carbocycles. The number of amides is 1. The molecule has 4 heterocycles. The predicted molar refractivity (Wildman–Crippen MR) is 159 cm³/mol. The van der Waals surface area contributed by atoms with E-state index in [4.69, 9.17) is 5.10 Å². The van der Waals surface area contributed by atoms with Gasteiger partial charge in [-0.2, -0.15) is 5.10 Å². The van der Waals surface area contributed by atoms with E-state index in [2.05, 4.69) is 38.5 Å². The van der Waals surface area contributed by atoms with Gasteiger partial charge in [-0.05, 0) is 99.5 Å². The SMILES string of the molecule is Cc1cc(C)c(CNCc2cc(C3=CCN(C(=O)C4CCNCC4)CC3)cc3c2cnn3C2CCCC2)c(=O)[nH]1. The fraction of sp³-hybridized carbons (Fsp3) is 0.531. The van der Waals surface area contributed by atoms with Gasteiger partial charge in [-0.1, -0.05) is 18.9 Å². The van der Waals surface area contributed by atoms with Gasteiger partial charge < -0.3 is 20.5 Å². The van der Waals surface area contributed by atoms with Crippen molar-refractivity contribution in [1.82, 2.24) is 30.3 Å². The first kappa shape index (κ1) is 27.0. The van der Waals surface area contributed by atoms with Crippen LogP contribution in [0.3, 0.4) is 0 Å². The number of fused-ring (bicyclic) bond motifs is 1. The summed E-state index contributed by atoms with van der Waals surface area (Å²) in [6.07, 6.45) is 11.9. The second-order valence-electron chi connectivity index (χ2n) is 11.9. The first-order chi connectivity index (χ1) is 19.5. The molecule has 8 heteroatoms. The number of nitrogens with zero attached hydrogens (tertiary/aromatic N) is 3. The molecule has 2 aromatic heterocycles. The lowest BCUT2D eigenvalue weighted by molar-refractivity contribution is -0.135. The third kappa shape index (κ3) is 5.52. The molecule has 0 unspecified atom stereocenters. The number of aromatic nitrogens is 3. The number of aryl methyl sites for hydroxylation is 2. The summed E-state index contributed by atoms with van der Waals surface area (Å²) in [5, 5.41) is 13.0. The first-order valence-electron chi connectivity index (χ1n) is 15.1. The number of pyridine rings is 1. The van der Waals surface area contributed by atoms with E-state index < -0.39 is 0 Å².